The second-order valence-corrected chi connectivity index (χ2v) is 7.73. The first-order chi connectivity index (χ1) is 13.1. The van der Waals surface area contributed by atoms with Crippen LogP contribution in [0.25, 0.3) is 27.6 Å². The van der Waals surface area contributed by atoms with Gasteiger partial charge in [-0.05, 0) is 63.5 Å². The largest absolute Gasteiger partial charge is 0.378 e. The number of anilines is 1. The van der Waals surface area contributed by atoms with Gasteiger partial charge in [0.05, 0.1) is 5.75 Å². The molecule has 0 aromatic heterocycles. The maximum absolute atomic E-state index is 11.1. The van der Waals surface area contributed by atoms with E-state index >= 15 is 0 Å². The molecule has 0 radical (unpaired) electrons. The Bertz CT molecular complexity index is 1130. The van der Waals surface area contributed by atoms with Gasteiger partial charge in [-0.3, -0.25) is 4.79 Å². The molecule has 4 rings (SSSR count). The Kier molecular flexibility index (Phi) is 4.82. The van der Waals surface area contributed by atoms with Gasteiger partial charge in [-0.25, -0.2) is 4.99 Å². The van der Waals surface area contributed by atoms with Crippen molar-refractivity contribution >= 4 is 56.0 Å². The molecule has 0 atom stereocenters. The molecule has 0 N–H and O–H groups in total. The maximum Gasteiger partial charge on any atom is 0.257 e. The average molecular weight is 372 g/mol. The molecule has 3 nitrogen and oxygen atoms in total. The Morgan fingerprint density at radius 1 is 0.889 bits per heavy atom. The van der Waals surface area contributed by atoms with Crippen molar-refractivity contribution < 1.29 is 4.79 Å². The quantitative estimate of drug-likeness (QED) is 0.460. The van der Waals surface area contributed by atoms with E-state index in [9.17, 15) is 4.79 Å². The predicted molar refractivity (Wildman–Crippen MR) is 119 cm³/mol. The van der Waals surface area contributed by atoms with Crippen LogP contribution >= 0.6 is 11.8 Å². The third-order valence-electron chi connectivity index (χ3n) is 4.54. The lowest BCUT2D eigenvalue weighted by molar-refractivity contribution is -0.115. The van der Waals surface area contributed by atoms with E-state index < -0.39 is 0 Å². The number of thioether (sulfide) groups is 1. The highest BCUT2D eigenvalue weighted by Crippen LogP contribution is 2.27. The molecule has 27 heavy (non-hydrogen) atoms. The van der Waals surface area contributed by atoms with E-state index in [2.05, 4.69) is 78.6 Å². The standard InChI is InChI=1S/C23H20N2OS/c1-25(2)21-10-9-18-12-19-11-16(7-8-17(19)13-20(18)14-21)5-3-4-6-23-24-22(26)15-27-23/h3-14H,15H2,1-2H3/b5-3+,6-4+. The van der Waals surface area contributed by atoms with E-state index in [0.29, 0.717) is 5.75 Å². The minimum Gasteiger partial charge on any atom is -0.378 e. The number of benzene rings is 3. The molecule has 4 heteroatoms. The summed E-state index contributed by atoms with van der Waals surface area (Å²) in [5.41, 5.74) is 2.36. The molecule has 0 bridgehead atoms. The minimum atomic E-state index is -0.0527. The highest BCUT2D eigenvalue weighted by Gasteiger charge is 2.11. The van der Waals surface area contributed by atoms with Crippen LogP contribution in [0.4, 0.5) is 5.69 Å². The molecule has 0 fully saturated rings. The molecule has 0 spiro atoms. The van der Waals surface area contributed by atoms with Crippen molar-refractivity contribution in [3.05, 3.63) is 72.3 Å². The van der Waals surface area contributed by atoms with Gasteiger partial charge < -0.3 is 4.90 Å². The topological polar surface area (TPSA) is 32.7 Å². The van der Waals surface area contributed by atoms with Gasteiger partial charge in [0.25, 0.3) is 5.91 Å². The first-order valence-electron chi connectivity index (χ1n) is 8.82. The Hall–Kier alpha value is -2.85. The summed E-state index contributed by atoms with van der Waals surface area (Å²) in [5.74, 6) is 0.404. The van der Waals surface area contributed by atoms with Gasteiger partial charge in [-0.15, -0.1) is 0 Å². The van der Waals surface area contributed by atoms with E-state index in [1.54, 1.807) is 0 Å². The molecule has 3 aromatic carbocycles. The van der Waals surface area contributed by atoms with E-state index in [1.807, 2.05) is 18.2 Å². The lowest BCUT2D eigenvalue weighted by Crippen LogP contribution is -2.07. The van der Waals surface area contributed by atoms with Crippen molar-refractivity contribution in [2.24, 2.45) is 4.99 Å². The molecule has 1 aliphatic heterocycles. The van der Waals surface area contributed by atoms with Gasteiger partial charge in [0.1, 0.15) is 5.04 Å². The fourth-order valence-corrected chi connectivity index (χ4v) is 3.78. The molecule has 0 saturated heterocycles. The monoisotopic (exact) mass is 372 g/mol. The number of hydrogen-bond donors (Lipinski definition) is 0. The predicted octanol–water partition coefficient (Wildman–Crippen LogP) is 5.30. The van der Waals surface area contributed by atoms with E-state index in [-0.39, 0.29) is 5.91 Å². The highest BCUT2D eigenvalue weighted by molar-refractivity contribution is 8.15. The number of carbonyl (C=O) groups is 1. The van der Waals surface area contributed by atoms with Crippen LogP contribution in [-0.2, 0) is 4.79 Å². The van der Waals surface area contributed by atoms with Crippen molar-refractivity contribution in [3.63, 3.8) is 0 Å². The molecule has 1 aliphatic rings. The molecule has 0 saturated carbocycles. The minimum absolute atomic E-state index is 0.0527. The second kappa shape index (κ2) is 7.41. The summed E-state index contributed by atoms with van der Waals surface area (Å²) in [6.45, 7) is 0. The van der Waals surface area contributed by atoms with Gasteiger partial charge in [-0.1, -0.05) is 48.2 Å². The third-order valence-corrected chi connectivity index (χ3v) is 5.45. The molecule has 0 unspecified atom stereocenters. The number of hydrogen-bond acceptors (Lipinski definition) is 3. The van der Waals surface area contributed by atoms with E-state index in [0.717, 1.165) is 10.6 Å². The Balaban J connectivity index is 1.60. The summed E-state index contributed by atoms with van der Waals surface area (Å²) in [6.07, 6.45) is 7.86. The fourth-order valence-electron chi connectivity index (χ4n) is 3.10. The molecular formula is C23H20N2OS. The first-order valence-corrected chi connectivity index (χ1v) is 9.81. The number of rotatable bonds is 4. The molecule has 0 aliphatic carbocycles. The van der Waals surface area contributed by atoms with Gasteiger partial charge >= 0.3 is 0 Å². The lowest BCUT2D eigenvalue weighted by Gasteiger charge is -2.13. The Morgan fingerprint density at radius 3 is 2.30 bits per heavy atom. The summed E-state index contributed by atoms with van der Waals surface area (Å²) < 4.78 is 0. The number of amides is 1. The summed E-state index contributed by atoms with van der Waals surface area (Å²) in [5, 5.41) is 5.75. The van der Waals surface area contributed by atoms with E-state index in [1.165, 1.54) is 39.0 Å². The second-order valence-electron chi connectivity index (χ2n) is 6.74. The zero-order chi connectivity index (χ0) is 18.8. The first kappa shape index (κ1) is 17.6. The SMILES string of the molecule is CN(C)c1ccc2cc3cc(/C=C/C=C/C4=NC(=O)CS4)ccc3cc2c1. The van der Waals surface area contributed by atoms with Crippen molar-refractivity contribution in [1.29, 1.82) is 0 Å². The van der Waals surface area contributed by atoms with Crippen molar-refractivity contribution in [3.8, 4) is 0 Å². The van der Waals surface area contributed by atoms with Crippen LogP contribution in [0.15, 0.2) is 71.8 Å². The van der Waals surface area contributed by atoms with Crippen molar-refractivity contribution in [2.45, 2.75) is 0 Å². The average Bonchev–Trinajstić information content (AvgIpc) is 3.08. The molecule has 134 valence electrons. The molecular weight excluding hydrogens is 352 g/mol. The zero-order valence-electron chi connectivity index (χ0n) is 15.3. The van der Waals surface area contributed by atoms with Crippen LogP contribution < -0.4 is 4.90 Å². The van der Waals surface area contributed by atoms with Gasteiger partial charge in [0.2, 0.25) is 0 Å². The fraction of sp³-hybridized carbons (Fsp3) is 0.130. The Morgan fingerprint density at radius 2 is 1.59 bits per heavy atom. The van der Waals surface area contributed by atoms with Gasteiger partial charge in [0, 0.05) is 19.8 Å². The van der Waals surface area contributed by atoms with Crippen LogP contribution in [0.2, 0.25) is 0 Å². The molecule has 3 aromatic rings. The van der Waals surface area contributed by atoms with Crippen LogP contribution in [0.1, 0.15) is 5.56 Å². The number of carbonyl (C=O) groups excluding carboxylic acids is 1. The van der Waals surface area contributed by atoms with Crippen LogP contribution in [0.3, 0.4) is 0 Å². The highest BCUT2D eigenvalue weighted by atomic mass is 32.2. The summed E-state index contributed by atoms with van der Waals surface area (Å²) in [6, 6.07) is 17.5. The normalized spacial score (nSPS) is 14.7. The van der Waals surface area contributed by atoms with Crippen molar-refractivity contribution in [1.82, 2.24) is 0 Å². The molecule has 1 heterocycles. The third kappa shape index (κ3) is 3.96. The number of allylic oxidation sites excluding steroid dienone is 2. The summed E-state index contributed by atoms with van der Waals surface area (Å²) in [4.78, 5) is 17.2. The Labute approximate surface area is 163 Å². The van der Waals surface area contributed by atoms with Crippen LogP contribution in [0, 0.1) is 0 Å². The van der Waals surface area contributed by atoms with Crippen LogP contribution in [-0.4, -0.2) is 30.8 Å². The van der Waals surface area contributed by atoms with E-state index in [4.69, 9.17) is 0 Å². The molecule has 1 amide bonds. The van der Waals surface area contributed by atoms with Crippen molar-refractivity contribution in [2.75, 3.05) is 24.7 Å². The van der Waals surface area contributed by atoms with Crippen LogP contribution in [0.5, 0.6) is 0 Å². The number of fused-ring (bicyclic) bond motifs is 2. The van der Waals surface area contributed by atoms with Gasteiger partial charge in [-0.2, -0.15) is 0 Å². The number of aliphatic imine (C=N–C) groups is 1. The smallest absolute Gasteiger partial charge is 0.257 e. The van der Waals surface area contributed by atoms with Gasteiger partial charge in [0.15, 0.2) is 0 Å². The summed E-state index contributed by atoms with van der Waals surface area (Å²) in [7, 11) is 4.12. The summed E-state index contributed by atoms with van der Waals surface area (Å²) >= 11 is 1.48. The number of nitrogens with zero attached hydrogens (tertiary/aromatic N) is 2. The zero-order valence-corrected chi connectivity index (χ0v) is 16.2. The maximum atomic E-state index is 11.1. The lowest BCUT2D eigenvalue weighted by atomic mass is 10.0.